The SMILES string of the molecule is CCCCCN(CCNS(=O)(=O)c1c(C)noc1C)S(C)(=O)=O. The number of aromatic nitrogens is 1. The molecule has 1 N–H and O–H groups in total. The Kier molecular flexibility index (Phi) is 7.18. The molecule has 0 aromatic carbocycles. The third-order valence-corrected chi connectivity index (χ3v) is 6.38. The molecule has 0 saturated heterocycles. The quantitative estimate of drug-likeness (QED) is 0.618. The molecule has 0 aliphatic heterocycles. The topological polar surface area (TPSA) is 110 Å². The van der Waals surface area contributed by atoms with Gasteiger partial charge in [-0.3, -0.25) is 0 Å². The fourth-order valence-electron chi connectivity index (χ4n) is 2.22. The average molecular weight is 367 g/mol. The first-order chi connectivity index (χ1) is 10.6. The molecular weight excluding hydrogens is 342 g/mol. The van der Waals surface area contributed by atoms with E-state index in [-0.39, 0.29) is 29.4 Å². The lowest BCUT2D eigenvalue weighted by Gasteiger charge is -2.20. The molecule has 0 spiro atoms. The number of unbranched alkanes of at least 4 members (excludes halogenated alkanes) is 2. The van der Waals surface area contributed by atoms with Crippen molar-refractivity contribution in [3.8, 4) is 0 Å². The third-order valence-electron chi connectivity index (χ3n) is 3.37. The van der Waals surface area contributed by atoms with Crippen LogP contribution in [0.2, 0.25) is 0 Å². The van der Waals surface area contributed by atoms with Crippen molar-refractivity contribution in [1.82, 2.24) is 14.2 Å². The number of hydrogen-bond acceptors (Lipinski definition) is 6. The molecule has 0 aliphatic rings. The summed E-state index contributed by atoms with van der Waals surface area (Å²) in [7, 11) is -7.14. The van der Waals surface area contributed by atoms with E-state index < -0.39 is 20.0 Å². The smallest absolute Gasteiger partial charge is 0.246 e. The van der Waals surface area contributed by atoms with E-state index in [1.807, 2.05) is 6.92 Å². The predicted molar refractivity (Wildman–Crippen MR) is 87.1 cm³/mol. The van der Waals surface area contributed by atoms with E-state index in [4.69, 9.17) is 4.52 Å². The van der Waals surface area contributed by atoms with E-state index >= 15 is 0 Å². The van der Waals surface area contributed by atoms with Gasteiger partial charge < -0.3 is 4.52 Å². The first-order valence-corrected chi connectivity index (χ1v) is 10.8. The van der Waals surface area contributed by atoms with Crippen LogP contribution >= 0.6 is 0 Å². The van der Waals surface area contributed by atoms with Gasteiger partial charge in [0.05, 0.1) is 6.26 Å². The molecule has 0 saturated carbocycles. The lowest BCUT2D eigenvalue weighted by Crippen LogP contribution is -2.38. The van der Waals surface area contributed by atoms with E-state index in [1.165, 1.54) is 11.2 Å². The van der Waals surface area contributed by atoms with Gasteiger partial charge in [0.15, 0.2) is 5.76 Å². The summed E-state index contributed by atoms with van der Waals surface area (Å²) >= 11 is 0. The number of sulfonamides is 2. The molecule has 8 nitrogen and oxygen atoms in total. The van der Waals surface area contributed by atoms with Crippen molar-refractivity contribution < 1.29 is 21.4 Å². The van der Waals surface area contributed by atoms with Crippen molar-refractivity contribution in [2.24, 2.45) is 0 Å². The lowest BCUT2D eigenvalue weighted by molar-refractivity contribution is 0.390. The van der Waals surface area contributed by atoms with E-state index in [0.29, 0.717) is 6.54 Å². The van der Waals surface area contributed by atoms with Crippen LogP contribution in [0, 0.1) is 13.8 Å². The highest BCUT2D eigenvalue weighted by atomic mass is 32.2. The van der Waals surface area contributed by atoms with Crippen molar-refractivity contribution in [3.63, 3.8) is 0 Å². The van der Waals surface area contributed by atoms with Gasteiger partial charge in [-0.1, -0.05) is 24.9 Å². The van der Waals surface area contributed by atoms with Gasteiger partial charge in [0.25, 0.3) is 0 Å². The second-order valence-corrected chi connectivity index (χ2v) is 9.11. The normalized spacial score (nSPS) is 12.9. The fraction of sp³-hybridized carbons (Fsp3) is 0.769. The largest absolute Gasteiger partial charge is 0.360 e. The van der Waals surface area contributed by atoms with Crippen molar-refractivity contribution in [1.29, 1.82) is 0 Å². The highest BCUT2D eigenvalue weighted by molar-refractivity contribution is 7.89. The second-order valence-electron chi connectivity index (χ2n) is 5.42. The Morgan fingerprint density at radius 2 is 1.78 bits per heavy atom. The van der Waals surface area contributed by atoms with E-state index in [0.717, 1.165) is 25.5 Å². The molecule has 1 rings (SSSR count). The standard InChI is InChI=1S/C13H25N3O5S2/c1-5-6-7-9-16(22(4,17)18)10-8-14-23(19,20)13-11(2)15-21-12(13)3/h14H,5-10H2,1-4H3. The Morgan fingerprint density at radius 1 is 1.13 bits per heavy atom. The van der Waals surface area contributed by atoms with E-state index in [2.05, 4.69) is 9.88 Å². The van der Waals surface area contributed by atoms with Crippen LogP contribution in [-0.2, 0) is 20.0 Å². The summed E-state index contributed by atoms with van der Waals surface area (Å²) in [5.74, 6) is 0.206. The first kappa shape index (κ1) is 20.1. The van der Waals surface area contributed by atoms with Crippen LogP contribution in [0.1, 0.15) is 37.6 Å². The average Bonchev–Trinajstić information content (AvgIpc) is 2.76. The van der Waals surface area contributed by atoms with Gasteiger partial charge in [-0.05, 0) is 20.3 Å². The minimum Gasteiger partial charge on any atom is -0.360 e. The summed E-state index contributed by atoms with van der Waals surface area (Å²) in [5.41, 5.74) is 0.276. The zero-order chi connectivity index (χ0) is 17.7. The maximum absolute atomic E-state index is 12.2. The summed E-state index contributed by atoms with van der Waals surface area (Å²) < 4.78 is 56.5. The van der Waals surface area contributed by atoms with Gasteiger partial charge in [0.1, 0.15) is 10.6 Å². The second kappa shape index (κ2) is 8.22. The van der Waals surface area contributed by atoms with Crippen LogP contribution in [0.25, 0.3) is 0 Å². The summed E-state index contributed by atoms with van der Waals surface area (Å²) in [5, 5.41) is 3.61. The highest BCUT2D eigenvalue weighted by Gasteiger charge is 2.24. The maximum Gasteiger partial charge on any atom is 0.246 e. The Bertz CT molecular complexity index is 690. The van der Waals surface area contributed by atoms with Crippen LogP contribution in [0.4, 0.5) is 0 Å². The molecule has 1 heterocycles. The Morgan fingerprint density at radius 3 is 2.26 bits per heavy atom. The molecule has 0 radical (unpaired) electrons. The van der Waals surface area contributed by atoms with Gasteiger partial charge in [0, 0.05) is 19.6 Å². The van der Waals surface area contributed by atoms with Crippen molar-refractivity contribution in [3.05, 3.63) is 11.5 Å². The monoisotopic (exact) mass is 367 g/mol. The summed E-state index contributed by atoms with van der Waals surface area (Å²) in [6, 6.07) is 0. The zero-order valence-corrected chi connectivity index (χ0v) is 15.6. The van der Waals surface area contributed by atoms with E-state index in [9.17, 15) is 16.8 Å². The molecule has 0 bridgehead atoms. The Hall–Kier alpha value is -0.970. The van der Waals surface area contributed by atoms with Crippen LogP contribution in [-0.4, -0.2) is 52.2 Å². The zero-order valence-electron chi connectivity index (χ0n) is 14.0. The number of nitrogens with zero attached hydrogens (tertiary/aromatic N) is 2. The van der Waals surface area contributed by atoms with Crippen LogP contribution in [0.15, 0.2) is 9.42 Å². The maximum atomic E-state index is 12.2. The first-order valence-electron chi connectivity index (χ1n) is 7.47. The van der Waals surface area contributed by atoms with Gasteiger partial charge in [-0.2, -0.15) is 0 Å². The number of aryl methyl sites for hydroxylation is 2. The van der Waals surface area contributed by atoms with Crippen molar-refractivity contribution in [2.45, 2.75) is 44.9 Å². The van der Waals surface area contributed by atoms with Crippen LogP contribution in [0.3, 0.4) is 0 Å². The minimum absolute atomic E-state index is 0.00834. The predicted octanol–water partition coefficient (Wildman–Crippen LogP) is 1.02. The lowest BCUT2D eigenvalue weighted by atomic mass is 10.2. The van der Waals surface area contributed by atoms with Crippen molar-refractivity contribution >= 4 is 20.0 Å². The highest BCUT2D eigenvalue weighted by Crippen LogP contribution is 2.18. The van der Waals surface area contributed by atoms with Gasteiger partial charge in [-0.15, -0.1) is 0 Å². The summed E-state index contributed by atoms with van der Waals surface area (Å²) in [4.78, 5) is 0.00869. The van der Waals surface area contributed by atoms with Crippen LogP contribution in [0.5, 0.6) is 0 Å². The van der Waals surface area contributed by atoms with Gasteiger partial charge >= 0.3 is 0 Å². The molecule has 0 unspecified atom stereocenters. The van der Waals surface area contributed by atoms with Crippen LogP contribution < -0.4 is 4.72 Å². The fourth-order valence-corrected chi connectivity index (χ4v) is 4.45. The van der Waals surface area contributed by atoms with Gasteiger partial charge in [-0.25, -0.2) is 25.9 Å². The third kappa shape index (κ3) is 5.87. The molecule has 10 heteroatoms. The molecule has 134 valence electrons. The number of nitrogens with one attached hydrogen (secondary N) is 1. The molecule has 0 aliphatic carbocycles. The van der Waals surface area contributed by atoms with Gasteiger partial charge in [0.2, 0.25) is 20.0 Å². The molecule has 1 aromatic rings. The molecular formula is C13H25N3O5S2. The number of rotatable bonds is 10. The van der Waals surface area contributed by atoms with E-state index in [1.54, 1.807) is 6.92 Å². The molecule has 0 fully saturated rings. The van der Waals surface area contributed by atoms with Crippen molar-refractivity contribution in [2.75, 3.05) is 25.9 Å². The minimum atomic E-state index is -3.77. The Labute approximate surface area is 138 Å². The number of hydrogen-bond donors (Lipinski definition) is 1. The molecule has 0 amide bonds. The molecule has 1 aromatic heterocycles. The molecule has 23 heavy (non-hydrogen) atoms. The summed E-state index contributed by atoms with van der Waals surface area (Å²) in [6.07, 6.45) is 3.79. The summed E-state index contributed by atoms with van der Waals surface area (Å²) in [6.45, 7) is 5.56. The molecule has 0 atom stereocenters. The Balaban J connectivity index is 2.69.